The Balaban J connectivity index is 3.24. The molecule has 2 atom stereocenters. The molecular weight excluding hydrogens is 240 g/mol. The number of carbonyl (C=O) groups is 1. The summed E-state index contributed by atoms with van der Waals surface area (Å²) in [6.07, 6.45) is 0.673. The fourth-order valence-corrected chi connectivity index (χ4v) is 2.54. The van der Waals surface area contributed by atoms with Crippen LogP contribution < -0.4 is 0 Å². The van der Waals surface area contributed by atoms with Crippen LogP contribution in [0.4, 0.5) is 0 Å². The molecule has 0 saturated heterocycles. The molecule has 0 heterocycles. The summed E-state index contributed by atoms with van der Waals surface area (Å²) in [5.74, 6) is -1.04. The van der Waals surface area contributed by atoms with Crippen LogP contribution in [0.5, 0.6) is 0 Å². The van der Waals surface area contributed by atoms with E-state index in [1.54, 1.807) is 0 Å². The number of rotatable bonds is 5. The molecule has 0 fully saturated rings. The predicted molar refractivity (Wildman–Crippen MR) is 76.0 cm³/mol. The van der Waals surface area contributed by atoms with Crippen LogP contribution in [-0.4, -0.2) is 23.8 Å². The molecule has 3 nitrogen and oxygen atoms in total. The third-order valence-corrected chi connectivity index (χ3v) is 3.81. The van der Waals surface area contributed by atoms with Gasteiger partial charge in [-0.1, -0.05) is 50.6 Å². The lowest BCUT2D eigenvalue weighted by Gasteiger charge is -2.36. The lowest BCUT2D eigenvalue weighted by atomic mass is 9.73. The van der Waals surface area contributed by atoms with Crippen molar-refractivity contribution in [3.05, 3.63) is 35.4 Å². The summed E-state index contributed by atoms with van der Waals surface area (Å²) < 4.78 is 4.82. The van der Waals surface area contributed by atoms with E-state index in [2.05, 4.69) is 0 Å². The minimum atomic E-state index is -1.49. The van der Waals surface area contributed by atoms with Gasteiger partial charge < -0.3 is 9.84 Å². The minimum Gasteiger partial charge on any atom is -0.467 e. The molecule has 0 aromatic heterocycles. The van der Waals surface area contributed by atoms with Gasteiger partial charge in [-0.25, -0.2) is 4.79 Å². The van der Waals surface area contributed by atoms with Crippen molar-refractivity contribution in [2.75, 3.05) is 7.11 Å². The monoisotopic (exact) mass is 264 g/mol. The zero-order valence-corrected chi connectivity index (χ0v) is 12.4. The highest BCUT2D eigenvalue weighted by atomic mass is 16.5. The zero-order valence-electron chi connectivity index (χ0n) is 12.4. The molecule has 0 aliphatic heterocycles. The van der Waals surface area contributed by atoms with Crippen molar-refractivity contribution >= 4 is 5.97 Å². The van der Waals surface area contributed by atoms with Gasteiger partial charge in [0.1, 0.15) is 0 Å². The average molecular weight is 264 g/mol. The first-order valence-corrected chi connectivity index (χ1v) is 6.75. The van der Waals surface area contributed by atoms with Crippen molar-refractivity contribution in [2.45, 2.75) is 45.6 Å². The van der Waals surface area contributed by atoms with Gasteiger partial charge >= 0.3 is 5.97 Å². The number of methoxy groups -OCH3 is 1. The Kier molecular flexibility index (Phi) is 5.12. The van der Waals surface area contributed by atoms with Gasteiger partial charge in [-0.15, -0.1) is 0 Å². The number of benzene rings is 1. The van der Waals surface area contributed by atoms with E-state index in [1.165, 1.54) is 7.11 Å². The number of ether oxygens (including phenoxy) is 1. The fourth-order valence-electron chi connectivity index (χ4n) is 2.54. The quantitative estimate of drug-likeness (QED) is 0.831. The zero-order chi connectivity index (χ0) is 14.6. The van der Waals surface area contributed by atoms with Crippen LogP contribution in [0, 0.1) is 12.8 Å². The lowest BCUT2D eigenvalue weighted by Crippen LogP contribution is -2.49. The smallest absolute Gasteiger partial charge is 0.338 e. The molecule has 1 N–H and O–H groups in total. The van der Waals surface area contributed by atoms with Crippen molar-refractivity contribution in [1.82, 2.24) is 0 Å². The molecule has 0 saturated carbocycles. The lowest BCUT2D eigenvalue weighted by molar-refractivity contribution is -0.171. The van der Waals surface area contributed by atoms with E-state index in [0.29, 0.717) is 6.42 Å². The average Bonchev–Trinajstić information content (AvgIpc) is 2.40. The van der Waals surface area contributed by atoms with Gasteiger partial charge in [-0.3, -0.25) is 0 Å². The number of esters is 1. The van der Waals surface area contributed by atoms with Gasteiger partial charge in [-0.2, -0.15) is 0 Å². The predicted octanol–water partition coefficient (Wildman–Crippen LogP) is 3.05. The van der Waals surface area contributed by atoms with Crippen molar-refractivity contribution < 1.29 is 14.6 Å². The second kappa shape index (κ2) is 6.20. The van der Waals surface area contributed by atoms with E-state index in [1.807, 2.05) is 52.0 Å². The summed E-state index contributed by atoms with van der Waals surface area (Å²) in [4.78, 5) is 12.0. The molecule has 2 unspecified atom stereocenters. The molecular formula is C16H24O3. The number of aryl methyl sites for hydroxylation is 1. The fraction of sp³-hybridized carbons (Fsp3) is 0.562. The van der Waals surface area contributed by atoms with Crippen LogP contribution in [0.3, 0.4) is 0 Å². The molecule has 19 heavy (non-hydrogen) atoms. The second-order valence-corrected chi connectivity index (χ2v) is 5.34. The molecule has 0 bridgehead atoms. The van der Waals surface area contributed by atoms with Crippen molar-refractivity contribution in [3.8, 4) is 0 Å². The van der Waals surface area contributed by atoms with E-state index in [9.17, 15) is 9.90 Å². The van der Waals surface area contributed by atoms with Crippen molar-refractivity contribution in [3.63, 3.8) is 0 Å². The maximum atomic E-state index is 12.0. The van der Waals surface area contributed by atoms with Crippen LogP contribution in [0.25, 0.3) is 0 Å². The van der Waals surface area contributed by atoms with Gasteiger partial charge in [0.05, 0.1) is 7.11 Å². The number of hydrogen-bond acceptors (Lipinski definition) is 3. The molecule has 1 aromatic carbocycles. The summed E-state index contributed by atoms with van der Waals surface area (Å²) in [6, 6.07) is 7.94. The van der Waals surface area contributed by atoms with E-state index in [4.69, 9.17) is 4.74 Å². The Bertz CT molecular complexity index is 422. The highest BCUT2D eigenvalue weighted by molar-refractivity contribution is 5.81. The molecule has 1 aromatic rings. The molecule has 0 spiro atoms. The normalized spacial score (nSPS) is 15.9. The Morgan fingerprint density at radius 1 is 1.32 bits per heavy atom. The highest BCUT2D eigenvalue weighted by Gasteiger charge is 2.47. The van der Waals surface area contributed by atoms with Crippen LogP contribution in [0.2, 0.25) is 0 Å². The van der Waals surface area contributed by atoms with Gasteiger partial charge in [0.15, 0.2) is 5.60 Å². The first kappa shape index (κ1) is 15.7. The van der Waals surface area contributed by atoms with Crippen molar-refractivity contribution in [2.24, 2.45) is 5.92 Å². The van der Waals surface area contributed by atoms with E-state index in [-0.39, 0.29) is 11.8 Å². The molecule has 0 aliphatic carbocycles. The number of carbonyl (C=O) groups excluding carboxylic acids is 1. The SMILES string of the molecule is CCC(c1ccc(C)cc1)C(O)(C(=O)OC)C(C)C. The Hall–Kier alpha value is -1.35. The van der Waals surface area contributed by atoms with Crippen molar-refractivity contribution in [1.29, 1.82) is 0 Å². The number of aliphatic hydroxyl groups is 1. The van der Waals surface area contributed by atoms with Crippen LogP contribution in [0.1, 0.15) is 44.2 Å². The first-order valence-electron chi connectivity index (χ1n) is 6.75. The van der Waals surface area contributed by atoms with Gasteiger partial charge in [0.25, 0.3) is 0 Å². The minimum absolute atomic E-state index is 0.216. The largest absolute Gasteiger partial charge is 0.467 e. The Labute approximate surface area is 115 Å². The first-order chi connectivity index (χ1) is 8.87. The maximum absolute atomic E-state index is 12.0. The summed E-state index contributed by atoms with van der Waals surface area (Å²) in [5, 5.41) is 10.9. The molecule has 106 valence electrons. The van der Waals surface area contributed by atoms with Gasteiger partial charge in [0.2, 0.25) is 0 Å². The summed E-state index contributed by atoms with van der Waals surface area (Å²) in [5.41, 5.74) is 0.637. The third-order valence-electron chi connectivity index (χ3n) is 3.81. The molecule has 0 amide bonds. The molecule has 1 rings (SSSR count). The summed E-state index contributed by atoms with van der Waals surface area (Å²) in [7, 11) is 1.32. The highest BCUT2D eigenvalue weighted by Crippen LogP contribution is 2.37. The van der Waals surface area contributed by atoms with Crippen LogP contribution in [-0.2, 0) is 9.53 Å². The van der Waals surface area contributed by atoms with Gasteiger partial charge in [0, 0.05) is 5.92 Å². The second-order valence-electron chi connectivity index (χ2n) is 5.34. The van der Waals surface area contributed by atoms with E-state index >= 15 is 0 Å². The molecule has 3 heteroatoms. The van der Waals surface area contributed by atoms with Crippen LogP contribution >= 0.6 is 0 Å². The Morgan fingerprint density at radius 3 is 2.21 bits per heavy atom. The maximum Gasteiger partial charge on any atom is 0.338 e. The number of hydrogen-bond donors (Lipinski definition) is 1. The topological polar surface area (TPSA) is 46.5 Å². The summed E-state index contributed by atoms with van der Waals surface area (Å²) in [6.45, 7) is 7.67. The van der Waals surface area contributed by atoms with Crippen LogP contribution in [0.15, 0.2) is 24.3 Å². The van der Waals surface area contributed by atoms with E-state index in [0.717, 1.165) is 11.1 Å². The standard InChI is InChI=1S/C16H24O3/c1-6-14(13-9-7-12(4)8-10-13)16(18,11(2)3)15(17)19-5/h7-11,14,18H,6H2,1-5H3. The van der Waals surface area contributed by atoms with Gasteiger partial charge in [-0.05, 0) is 24.8 Å². The molecule has 0 aliphatic rings. The van der Waals surface area contributed by atoms with E-state index < -0.39 is 11.6 Å². The third kappa shape index (κ3) is 2.98. The Morgan fingerprint density at radius 2 is 1.84 bits per heavy atom. The molecule has 0 radical (unpaired) electrons. The summed E-state index contributed by atoms with van der Waals surface area (Å²) >= 11 is 0.